The van der Waals surface area contributed by atoms with Crippen LogP contribution in [0.5, 0.6) is 0 Å². The lowest BCUT2D eigenvalue weighted by Gasteiger charge is -2.32. The van der Waals surface area contributed by atoms with Gasteiger partial charge in [0, 0.05) is 48.5 Å². The van der Waals surface area contributed by atoms with Gasteiger partial charge >= 0.3 is 0 Å². The van der Waals surface area contributed by atoms with E-state index in [1.807, 2.05) is 42.5 Å². The zero-order valence-electron chi connectivity index (χ0n) is 17.5. The molecule has 1 N–H and O–H groups in total. The van der Waals surface area contributed by atoms with E-state index < -0.39 is 5.60 Å². The number of nitrogens with zero attached hydrogens (tertiary/aromatic N) is 3. The van der Waals surface area contributed by atoms with Crippen LogP contribution in [0.3, 0.4) is 0 Å². The molecule has 1 unspecified atom stereocenters. The van der Waals surface area contributed by atoms with Gasteiger partial charge in [-0.25, -0.2) is 0 Å². The fraction of sp³-hybridized carbons (Fsp3) is 0.269. The molecular formula is C26H27N3O. The molecule has 1 atom stereocenters. The van der Waals surface area contributed by atoms with E-state index >= 15 is 0 Å². The molecule has 5 rings (SSSR count). The lowest BCUT2D eigenvalue weighted by atomic mass is 9.86. The van der Waals surface area contributed by atoms with Crippen molar-refractivity contribution in [2.24, 2.45) is 0 Å². The summed E-state index contributed by atoms with van der Waals surface area (Å²) in [6.07, 6.45) is 4.50. The summed E-state index contributed by atoms with van der Waals surface area (Å²) in [7, 11) is 2.18. The Balaban J connectivity index is 1.72. The third-order valence-corrected chi connectivity index (χ3v) is 6.40. The Bertz CT molecular complexity index is 1140. The maximum absolute atomic E-state index is 12.1. The van der Waals surface area contributed by atoms with Crippen molar-refractivity contribution in [2.75, 3.05) is 13.6 Å². The van der Waals surface area contributed by atoms with Gasteiger partial charge in [-0.15, -0.1) is 0 Å². The first-order chi connectivity index (χ1) is 14.6. The van der Waals surface area contributed by atoms with Gasteiger partial charge in [-0.2, -0.15) is 0 Å². The van der Waals surface area contributed by atoms with Gasteiger partial charge in [0.2, 0.25) is 0 Å². The summed E-state index contributed by atoms with van der Waals surface area (Å²) < 4.78 is 2.35. The van der Waals surface area contributed by atoms with E-state index in [0.717, 1.165) is 30.6 Å². The van der Waals surface area contributed by atoms with Crippen molar-refractivity contribution in [1.29, 1.82) is 0 Å². The van der Waals surface area contributed by atoms with Gasteiger partial charge in [0.25, 0.3) is 0 Å². The molecule has 4 aromatic rings. The van der Waals surface area contributed by atoms with E-state index in [1.165, 1.54) is 27.7 Å². The van der Waals surface area contributed by atoms with Crippen molar-refractivity contribution in [2.45, 2.75) is 32.0 Å². The molecule has 0 spiro atoms. The molecule has 1 aliphatic heterocycles. The van der Waals surface area contributed by atoms with E-state index in [1.54, 1.807) is 12.4 Å². The van der Waals surface area contributed by atoms with Crippen LogP contribution in [-0.2, 0) is 25.1 Å². The van der Waals surface area contributed by atoms with Crippen LogP contribution in [0.4, 0.5) is 0 Å². The highest BCUT2D eigenvalue weighted by Crippen LogP contribution is 2.37. The minimum absolute atomic E-state index is 0.472. The standard InChI is InChI=1S/C26H27N3O/c1-19-8-9-24-22(16-19)23-17-28(2)15-12-25(23)29(24)18-26(30,20-6-4-3-5-7-20)21-10-13-27-14-11-21/h3-11,13-14,16,30H,12,15,17-18H2,1-2H3. The van der Waals surface area contributed by atoms with Crippen LogP contribution in [-0.4, -0.2) is 33.1 Å². The zero-order valence-corrected chi connectivity index (χ0v) is 17.5. The molecule has 0 saturated carbocycles. The lowest BCUT2D eigenvalue weighted by molar-refractivity contribution is 0.0613. The minimum Gasteiger partial charge on any atom is -0.378 e. The van der Waals surface area contributed by atoms with Crippen LogP contribution in [0.15, 0.2) is 73.1 Å². The van der Waals surface area contributed by atoms with Gasteiger partial charge in [0.15, 0.2) is 0 Å². The van der Waals surface area contributed by atoms with Crippen LogP contribution in [0, 0.1) is 6.92 Å². The van der Waals surface area contributed by atoms with Crippen molar-refractivity contribution in [3.63, 3.8) is 0 Å². The quantitative estimate of drug-likeness (QED) is 0.559. The second kappa shape index (κ2) is 7.38. The van der Waals surface area contributed by atoms with Crippen LogP contribution >= 0.6 is 0 Å². The summed E-state index contributed by atoms with van der Waals surface area (Å²) in [5, 5.41) is 13.4. The third-order valence-electron chi connectivity index (χ3n) is 6.40. The molecule has 30 heavy (non-hydrogen) atoms. The highest BCUT2D eigenvalue weighted by atomic mass is 16.3. The second-order valence-corrected chi connectivity index (χ2v) is 8.48. The van der Waals surface area contributed by atoms with Gasteiger partial charge in [0.05, 0.1) is 6.54 Å². The Morgan fingerprint density at radius 1 is 1.00 bits per heavy atom. The van der Waals surface area contributed by atoms with Gasteiger partial charge < -0.3 is 14.6 Å². The van der Waals surface area contributed by atoms with Crippen LogP contribution < -0.4 is 0 Å². The molecule has 0 amide bonds. The first-order valence-electron chi connectivity index (χ1n) is 10.5. The summed E-state index contributed by atoms with van der Waals surface area (Å²) in [5.41, 5.74) is 5.82. The number of aromatic nitrogens is 2. The van der Waals surface area contributed by atoms with E-state index in [2.05, 4.69) is 46.6 Å². The molecule has 152 valence electrons. The molecule has 3 heterocycles. The molecule has 0 radical (unpaired) electrons. The number of pyridine rings is 1. The number of rotatable bonds is 4. The number of hydrogen-bond donors (Lipinski definition) is 1. The van der Waals surface area contributed by atoms with Crippen molar-refractivity contribution in [3.8, 4) is 0 Å². The molecule has 2 aromatic carbocycles. The predicted octanol–water partition coefficient (Wildman–Crippen LogP) is 4.27. The first kappa shape index (κ1) is 19.0. The number of aryl methyl sites for hydroxylation is 1. The Morgan fingerprint density at radius 3 is 2.50 bits per heavy atom. The van der Waals surface area contributed by atoms with Crippen molar-refractivity contribution in [1.82, 2.24) is 14.5 Å². The largest absolute Gasteiger partial charge is 0.378 e. The van der Waals surface area contributed by atoms with Crippen molar-refractivity contribution >= 4 is 10.9 Å². The van der Waals surface area contributed by atoms with E-state index in [-0.39, 0.29) is 0 Å². The molecule has 0 fully saturated rings. The maximum atomic E-state index is 12.1. The van der Waals surface area contributed by atoms with Gasteiger partial charge in [-0.1, -0.05) is 42.0 Å². The highest BCUT2D eigenvalue weighted by molar-refractivity contribution is 5.86. The molecule has 4 nitrogen and oxygen atoms in total. The number of aliphatic hydroxyl groups is 1. The lowest BCUT2D eigenvalue weighted by Crippen LogP contribution is -2.35. The Hall–Kier alpha value is -2.95. The predicted molar refractivity (Wildman–Crippen MR) is 120 cm³/mol. The van der Waals surface area contributed by atoms with Crippen LogP contribution in [0.2, 0.25) is 0 Å². The summed E-state index contributed by atoms with van der Waals surface area (Å²) in [5.74, 6) is 0. The van der Waals surface area contributed by atoms with Crippen LogP contribution in [0.25, 0.3) is 10.9 Å². The van der Waals surface area contributed by atoms with Gasteiger partial charge in [0.1, 0.15) is 5.60 Å². The van der Waals surface area contributed by atoms with Gasteiger partial charge in [-0.05, 0) is 54.9 Å². The minimum atomic E-state index is -1.14. The Labute approximate surface area is 177 Å². The zero-order chi connectivity index (χ0) is 20.7. The summed E-state index contributed by atoms with van der Waals surface area (Å²) in [4.78, 5) is 6.54. The molecule has 4 heteroatoms. The fourth-order valence-electron chi connectivity index (χ4n) is 4.80. The third kappa shape index (κ3) is 3.13. The van der Waals surface area contributed by atoms with E-state index in [4.69, 9.17) is 0 Å². The summed E-state index contributed by atoms with van der Waals surface area (Å²) >= 11 is 0. The number of benzene rings is 2. The monoisotopic (exact) mass is 397 g/mol. The smallest absolute Gasteiger partial charge is 0.133 e. The molecular weight excluding hydrogens is 370 g/mol. The fourth-order valence-corrected chi connectivity index (χ4v) is 4.80. The summed E-state index contributed by atoms with van der Waals surface area (Å²) in [6, 6.07) is 20.5. The van der Waals surface area contributed by atoms with E-state index in [0.29, 0.717) is 6.54 Å². The SMILES string of the molecule is Cc1ccc2c(c1)c1c(n2CC(O)(c2ccccc2)c2ccncc2)CCN(C)C1. The molecule has 1 aliphatic rings. The second-order valence-electron chi connectivity index (χ2n) is 8.48. The van der Waals surface area contributed by atoms with Crippen molar-refractivity contribution < 1.29 is 5.11 Å². The number of likely N-dealkylation sites (N-methyl/N-ethyl adjacent to an activating group) is 1. The average molecular weight is 398 g/mol. The molecule has 2 aromatic heterocycles. The molecule has 0 bridgehead atoms. The Morgan fingerprint density at radius 2 is 1.73 bits per heavy atom. The highest BCUT2D eigenvalue weighted by Gasteiger charge is 2.34. The van der Waals surface area contributed by atoms with Gasteiger partial charge in [-0.3, -0.25) is 4.98 Å². The van der Waals surface area contributed by atoms with E-state index in [9.17, 15) is 5.11 Å². The first-order valence-corrected chi connectivity index (χ1v) is 10.5. The summed E-state index contributed by atoms with van der Waals surface area (Å²) in [6.45, 7) is 4.59. The average Bonchev–Trinajstić information content (AvgIpc) is 3.06. The maximum Gasteiger partial charge on any atom is 0.133 e. The molecule has 0 saturated heterocycles. The normalized spacial score (nSPS) is 16.4. The molecule has 0 aliphatic carbocycles. The number of fused-ring (bicyclic) bond motifs is 3. The topological polar surface area (TPSA) is 41.3 Å². The number of hydrogen-bond acceptors (Lipinski definition) is 3. The van der Waals surface area contributed by atoms with Crippen LogP contribution in [0.1, 0.15) is 27.9 Å². The van der Waals surface area contributed by atoms with Crippen molar-refractivity contribution in [3.05, 3.63) is 101 Å². The Kier molecular flexibility index (Phi) is 4.69.